The number of aliphatic hydroxyl groups is 1. The zero-order valence-electron chi connectivity index (χ0n) is 16.2. The quantitative estimate of drug-likeness (QED) is 0.315. The van der Waals surface area contributed by atoms with Gasteiger partial charge in [0.25, 0.3) is 0 Å². The smallest absolute Gasteiger partial charge is 0.213 e. The lowest BCUT2D eigenvalue weighted by Gasteiger charge is -2.07. The maximum absolute atomic E-state index is 9.43. The molecule has 3 nitrogen and oxygen atoms in total. The van der Waals surface area contributed by atoms with Crippen LogP contribution in [-0.2, 0) is 6.54 Å². The second-order valence-electron chi connectivity index (χ2n) is 7.33. The number of rotatable bonds is 5. The summed E-state index contributed by atoms with van der Waals surface area (Å²) in [5, 5.41) is 14.4. The number of aliphatic hydroxyl groups excluding tert-OH is 1. The van der Waals surface area contributed by atoms with Crippen LogP contribution >= 0.6 is 0 Å². The van der Waals surface area contributed by atoms with Gasteiger partial charge in [-0.3, -0.25) is 0 Å². The monoisotopic (exact) mass is 379 g/mol. The van der Waals surface area contributed by atoms with Crippen LogP contribution in [0.3, 0.4) is 0 Å². The SMILES string of the molecule is OCCC[n+]1c(/C=C/c2c[nH]c3ccccc23)ccc2c3ccccc3ccc21. The number of nitrogens with zero attached hydrogens (tertiary/aromatic N) is 1. The summed E-state index contributed by atoms with van der Waals surface area (Å²) < 4.78 is 2.31. The van der Waals surface area contributed by atoms with E-state index in [4.69, 9.17) is 0 Å². The molecule has 0 aliphatic heterocycles. The second kappa shape index (κ2) is 7.53. The molecule has 5 rings (SSSR count). The number of pyridine rings is 1. The van der Waals surface area contributed by atoms with Crippen LogP contribution in [0, 0.1) is 0 Å². The van der Waals surface area contributed by atoms with Crippen molar-refractivity contribution in [3.63, 3.8) is 0 Å². The molecule has 3 aromatic carbocycles. The molecule has 2 aromatic heterocycles. The molecule has 0 bridgehead atoms. The zero-order chi connectivity index (χ0) is 19.6. The minimum absolute atomic E-state index is 0.183. The Hall–Kier alpha value is -3.43. The van der Waals surface area contributed by atoms with Crippen LogP contribution in [0.5, 0.6) is 0 Å². The number of hydrogen-bond donors (Lipinski definition) is 2. The number of benzene rings is 3. The average molecular weight is 379 g/mol. The van der Waals surface area contributed by atoms with Crippen LogP contribution in [0.15, 0.2) is 79.0 Å². The summed E-state index contributed by atoms with van der Waals surface area (Å²) in [6.07, 6.45) is 7.11. The highest BCUT2D eigenvalue weighted by Crippen LogP contribution is 2.25. The van der Waals surface area contributed by atoms with Gasteiger partial charge in [-0.2, -0.15) is 4.57 Å². The first kappa shape index (κ1) is 17.7. The van der Waals surface area contributed by atoms with Crippen molar-refractivity contribution in [2.24, 2.45) is 0 Å². The predicted molar refractivity (Wildman–Crippen MR) is 121 cm³/mol. The first-order chi connectivity index (χ1) is 14.3. The van der Waals surface area contributed by atoms with E-state index in [-0.39, 0.29) is 6.61 Å². The third kappa shape index (κ3) is 3.20. The van der Waals surface area contributed by atoms with E-state index in [2.05, 4.69) is 88.4 Å². The fraction of sp³-hybridized carbons (Fsp3) is 0.115. The van der Waals surface area contributed by atoms with E-state index in [1.54, 1.807) is 0 Å². The lowest BCUT2D eigenvalue weighted by atomic mass is 10.0. The van der Waals surface area contributed by atoms with Crippen LogP contribution in [-0.4, -0.2) is 16.7 Å². The van der Waals surface area contributed by atoms with Crippen molar-refractivity contribution >= 4 is 44.7 Å². The lowest BCUT2D eigenvalue weighted by molar-refractivity contribution is -0.673. The van der Waals surface area contributed by atoms with E-state index in [1.807, 2.05) is 12.3 Å². The summed E-state index contributed by atoms with van der Waals surface area (Å²) in [5.41, 5.74) is 4.64. The summed E-state index contributed by atoms with van der Waals surface area (Å²) >= 11 is 0. The Bertz CT molecular complexity index is 1350. The zero-order valence-corrected chi connectivity index (χ0v) is 16.2. The van der Waals surface area contributed by atoms with E-state index in [9.17, 15) is 5.11 Å². The highest BCUT2D eigenvalue weighted by Gasteiger charge is 2.15. The molecule has 0 aliphatic carbocycles. The number of fused-ring (bicyclic) bond motifs is 4. The number of aromatic nitrogens is 2. The van der Waals surface area contributed by atoms with E-state index in [1.165, 1.54) is 32.6 Å². The topological polar surface area (TPSA) is 39.9 Å². The summed E-state index contributed by atoms with van der Waals surface area (Å²) in [6, 6.07) is 25.6. The van der Waals surface area contributed by atoms with Crippen molar-refractivity contribution < 1.29 is 9.67 Å². The van der Waals surface area contributed by atoms with Crippen LogP contribution in [0.4, 0.5) is 0 Å². The van der Waals surface area contributed by atoms with Gasteiger partial charge in [-0.05, 0) is 40.6 Å². The average Bonchev–Trinajstić information content (AvgIpc) is 3.19. The standard InChI is InChI=1S/C26H22N2O/c29-17-5-16-28-21(12-10-20-18-27-25-9-4-3-8-23(20)25)13-14-24-22-7-2-1-6-19(22)11-15-26(24)28/h1-4,6-15,18,29H,5,16-17H2/p+1. The molecule has 5 aromatic rings. The minimum atomic E-state index is 0.183. The second-order valence-corrected chi connectivity index (χ2v) is 7.33. The molecule has 0 atom stereocenters. The van der Waals surface area contributed by atoms with Crippen molar-refractivity contribution in [3.8, 4) is 0 Å². The molecular weight excluding hydrogens is 356 g/mol. The van der Waals surface area contributed by atoms with E-state index in [0.29, 0.717) is 0 Å². The molecule has 0 saturated carbocycles. The van der Waals surface area contributed by atoms with Crippen LogP contribution in [0.25, 0.3) is 44.7 Å². The molecule has 0 fully saturated rings. The third-order valence-electron chi connectivity index (χ3n) is 5.57. The molecule has 0 unspecified atom stereocenters. The van der Waals surface area contributed by atoms with E-state index >= 15 is 0 Å². The summed E-state index contributed by atoms with van der Waals surface area (Å²) in [4.78, 5) is 3.33. The molecular formula is C26H23N2O+. The molecule has 29 heavy (non-hydrogen) atoms. The minimum Gasteiger partial charge on any atom is -0.396 e. The van der Waals surface area contributed by atoms with Crippen molar-refractivity contribution in [2.45, 2.75) is 13.0 Å². The molecule has 0 amide bonds. The largest absolute Gasteiger partial charge is 0.396 e. The Balaban J connectivity index is 1.65. The van der Waals surface area contributed by atoms with Gasteiger partial charge in [-0.15, -0.1) is 0 Å². The molecule has 2 N–H and O–H groups in total. The Morgan fingerprint density at radius 2 is 1.62 bits per heavy atom. The summed E-state index contributed by atoms with van der Waals surface area (Å²) in [7, 11) is 0. The fourth-order valence-corrected chi connectivity index (χ4v) is 4.12. The fourth-order valence-electron chi connectivity index (χ4n) is 4.12. The molecule has 0 radical (unpaired) electrons. The van der Waals surface area contributed by atoms with Gasteiger partial charge >= 0.3 is 0 Å². The maximum Gasteiger partial charge on any atom is 0.213 e. The highest BCUT2D eigenvalue weighted by atomic mass is 16.3. The van der Waals surface area contributed by atoms with Gasteiger partial charge in [0, 0.05) is 48.3 Å². The molecule has 2 heterocycles. The van der Waals surface area contributed by atoms with Gasteiger partial charge in [0.15, 0.2) is 6.54 Å². The molecule has 142 valence electrons. The molecule has 3 heteroatoms. The van der Waals surface area contributed by atoms with Gasteiger partial charge in [0.2, 0.25) is 11.2 Å². The van der Waals surface area contributed by atoms with E-state index in [0.717, 1.165) is 24.2 Å². The van der Waals surface area contributed by atoms with Crippen LogP contribution < -0.4 is 4.57 Å². The molecule has 0 aliphatic rings. The Labute approximate surface area is 169 Å². The van der Waals surface area contributed by atoms with Crippen molar-refractivity contribution in [1.82, 2.24) is 4.98 Å². The number of hydrogen-bond acceptors (Lipinski definition) is 1. The van der Waals surface area contributed by atoms with Gasteiger partial charge in [-0.1, -0.05) is 42.5 Å². The first-order valence-corrected chi connectivity index (χ1v) is 10.0. The Morgan fingerprint density at radius 1 is 0.793 bits per heavy atom. The Morgan fingerprint density at radius 3 is 2.52 bits per heavy atom. The van der Waals surface area contributed by atoms with E-state index < -0.39 is 0 Å². The van der Waals surface area contributed by atoms with Crippen LogP contribution in [0.2, 0.25) is 0 Å². The van der Waals surface area contributed by atoms with Gasteiger partial charge in [0.05, 0.1) is 5.39 Å². The number of H-pyrrole nitrogens is 1. The number of aromatic amines is 1. The first-order valence-electron chi connectivity index (χ1n) is 10.0. The number of para-hydroxylation sites is 1. The molecule has 0 saturated heterocycles. The van der Waals surface area contributed by atoms with Crippen LogP contribution in [0.1, 0.15) is 17.7 Å². The summed E-state index contributed by atoms with van der Waals surface area (Å²) in [6.45, 7) is 0.961. The predicted octanol–water partition coefficient (Wildman–Crippen LogP) is 5.31. The highest BCUT2D eigenvalue weighted by molar-refractivity contribution is 6.05. The third-order valence-corrected chi connectivity index (χ3v) is 5.57. The van der Waals surface area contributed by atoms with Crippen molar-refractivity contribution in [1.29, 1.82) is 0 Å². The van der Waals surface area contributed by atoms with Gasteiger partial charge in [0.1, 0.15) is 0 Å². The van der Waals surface area contributed by atoms with Crippen molar-refractivity contribution in [3.05, 3.63) is 90.3 Å². The Kier molecular flexibility index (Phi) is 4.59. The van der Waals surface area contributed by atoms with Gasteiger partial charge < -0.3 is 10.1 Å². The van der Waals surface area contributed by atoms with Gasteiger partial charge in [-0.25, -0.2) is 0 Å². The molecule has 0 spiro atoms. The number of aryl methyl sites for hydroxylation is 1. The number of nitrogens with one attached hydrogen (secondary N) is 1. The normalized spacial score (nSPS) is 11.9. The summed E-state index contributed by atoms with van der Waals surface area (Å²) in [5.74, 6) is 0. The maximum atomic E-state index is 9.43. The lowest BCUT2D eigenvalue weighted by Crippen LogP contribution is -2.38. The van der Waals surface area contributed by atoms with Crippen molar-refractivity contribution in [2.75, 3.05) is 6.61 Å².